The Bertz CT molecular complexity index is 303. The number of benzene rings is 1. The largest absolute Gasteiger partial charge is 2.00 e. The quantitative estimate of drug-likeness (QED) is 0.363. The molecule has 0 N–H and O–H groups in total. The van der Waals surface area contributed by atoms with E-state index >= 15 is 0 Å². The van der Waals surface area contributed by atoms with Gasteiger partial charge in [0.2, 0.25) is 0 Å². The molecule has 8 heteroatoms. The van der Waals surface area contributed by atoms with Crippen molar-refractivity contribution in [3.8, 4) is 0 Å². The summed E-state index contributed by atoms with van der Waals surface area (Å²) in [6, 6.07) is 2.79. The van der Waals surface area contributed by atoms with Gasteiger partial charge in [0, 0.05) is 0 Å². The maximum atomic E-state index is 12.0. The number of hydrogen-bond acceptors (Lipinski definition) is 0. The van der Waals surface area contributed by atoms with Crippen molar-refractivity contribution in [3.63, 3.8) is 0 Å². The molecule has 0 amide bonds. The van der Waals surface area contributed by atoms with Crippen molar-refractivity contribution >= 4 is 23.1 Å². The third-order valence-corrected chi connectivity index (χ3v) is 1.44. The zero-order valence-corrected chi connectivity index (χ0v) is 10.6. The van der Waals surface area contributed by atoms with Gasteiger partial charge in [0.05, 0.1) is 0 Å². The molecule has 0 aliphatic heterocycles. The van der Waals surface area contributed by atoms with Crippen LogP contribution in [0.2, 0.25) is 0 Å². The second kappa shape index (κ2) is 6.11. The molecule has 1 aromatic carbocycles. The second-order valence-electron chi connectivity index (χ2n) is 2.51. The van der Waals surface area contributed by atoms with Gasteiger partial charge in [-0.3, -0.25) is 0 Å². The predicted octanol–water partition coefficient (Wildman–Crippen LogP) is 0.148. The summed E-state index contributed by atoms with van der Waals surface area (Å²) in [5.74, 6) is 0. The first-order chi connectivity index (χ1) is 6.21. The van der Waals surface area contributed by atoms with Crippen molar-refractivity contribution in [2.75, 3.05) is 0 Å². The summed E-state index contributed by atoms with van der Waals surface area (Å²) in [6.45, 7) is 0. The van der Waals surface area contributed by atoms with Gasteiger partial charge in [0.15, 0.2) is 0 Å². The standard InChI is InChI=1S/C8H3F6.BrH.Mg/c9-7(10,11)5-2-1-3-6(4-5)8(12,13)14;;/h2-4H;1H;/q-1;;+2/p-1. The summed E-state index contributed by atoms with van der Waals surface area (Å²) < 4.78 is 71.8. The minimum absolute atomic E-state index is 0. The normalized spacial score (nSPS) is 11.4. The van der Waals surface area contributed by atoms with Crippen LogP contribution in [0.5, 0.6) is 0 Å². The molecule has 1 rings (SSSR count). The van der Waals surface area contributed by atoms with Gasteiger partial charge in [-0.25, -0.2) is 0 Å². The molecule has 0 aromatic heterocycles. The van der Waals surface area contributed by atoms with Gasteiger partial charge >= 0.3 is 35.4 Å². The van der Waals surface area contributed by atoms with Gasteiger partial charge in [-0.2, -0.15) is 44.5 Å². The molecular formula is C8H3BrF6Mg. The summed E-state index contributed by atoms with van der Waals surface area (Å²) in [5.41, 5.74) is -2.71. The molecule has 0 atom stereocenters. The minimum Gasteiger partial charge on any atom is -1.00 e. The number of halogens is 7. The van der Waals surface area contributed by atoms with Crippen molar-refractivity contribution < 1.29 is 43.3 Å². The SMILES string of the molecule is FC(F)(F)c1c[c-]cc(C(F)(F)F)c1.[Br-].[Mg+2]. The van der Waals surface area contributed by atoms with E-state index in [1.165, 1.54) is 0 Å². The Balaban J connectivity index is 0. The molecule has 1 aromatic rings. The molecule has 16 heavy (non-hydrogen) atoms. The molecule has 0 aliphatic carbocycles. The minimum atomic E-state index is -4.78. The van der Waals surface area contributed by atoms with Gasteiger partial charge in [-0.05, 0) is 0 Å². The maximum Gasteiger partial charge on any atom is 2.00 e. The zero-order valence-electron chi connectivity index (χ0n) is 7.58. The van der Waals surface area contributed by atoms with Crippen LogP contribution in [0.15, 0.2) is 18.2 Å². The number of rotatable bonds is 0. The summed E-state index contributed by atoms with van der Waals surface area (Å²) in [4.78, 5) is 0. The molecule has 0 saturated carbocycles. The van der Waals surface area contributed by atoms with E-state index in [1.807, 2.05) is 0 Å². The van der Waals surface area contributed by atoms with Crippen LogP contribution in [0.4, 0.5) is 26.3 Å². The molecule has 0 bridgehead atoms. The molecule has 0 nitrogen and oxygen atoms in total. The van der Waals surface area contributed by atoms with Crippen LogP contribution < -0.4 is 17.0 Å². The van der Waals surface area contributed by atoms with E-state index in [0.29, 0.717) is 12.1 Å². The van der Waals surface area contributed by atoms with Crippen molar-refractivity contribution in [3.05, 3.63) is 35.4 Å². The predicted molar refractivity (Wildman–Crippen MR) is 41.0 cm³/mol. The van der Waals surface area contributed by atoms with Crippen LogP contribution in [0, 0.1) is 6.07 Å². The van der Waals surface area contributed by atoms with Gasteiger partial charge in [0.25, 0.3) is 0 Å². The first-order valence-electron chi connectivity index (χ1n) is 3.37. The molecule has 0 unspecified atom stereocenters. The average molecular weight is 317 g/mol. The van der Waals surface area contributed by atoms with E-state index in [2.05, 4.69) is 0 Å². The van der Waals surface area contributed by atoms with Crippen LogP contribution in [0.25, 0.3) is 0 Å². The number of alkyl halides is 6. The van der Waals surface area contributed by atoms with Crippen LogP contribution in [0.3, 0.4) is 0 Å². The molecule has 0 heterocycles. The van der Waals surface area contributed by atoms with Gasteiger partial charge in [0.1, 0.15) is 0 Å². The van der Waals surface area contributed by atoms with Crippen LogP contribution in [-0.4, -0.2) is 23.1 Å². The monoisotopic (exact) mass is 316 g/mol. The van der Waals surface area contributed by atoms with E-state index in [0.717, 1.165) is 0 Å². The maximum absolute atomic E-state index is 12.0. The van der Waals surface area contributed by atoms with Crippen LogP contribution in [-0.2, 0) is 12.4 Å². The van der Waals surface area contributed by atoms with Crippen molar-refractivity contribution in [1.82, 2.24) is 0 Å². The second-order valence-corrected chi connectivity index (χ2v) is 2.51. The smallest absolute Gasteiger partial charge is 1.00 e. The Labute approximate surface area is 114 Å². The fourth-order valence-electron chi connectivity index (χ4n) is 0.799. The fraction of sp³-hybridized carbons (Fsp3) is 0.250. The number of hydrogen-bond donors (Lipinski definition) is 0. The Morgan fingerprint density at radius 1 is 0.812 bits per heavy atom. The molecule has 86 valence electrons. The molecule has 0 saturated heterocycles. The first kappa shape index (κ1) is 18.4. The first-order valence-corrected chi connectivity index (χ1v) is 3.37. The summed E-state index contributed by atoms with van der Waals surface area (Å²) in [6.07, 6.45) is -9.56. The van der Waals surface area contributed by atoms with E-state index < -0.39 is 23.5 Å². The van der Waals surface area contributed by atoms with E-state index in [4.69, 9.17) is 0 Å². The molecule has 0 fully saturated rings. The Hall–Kier alpha value is 0.0462. The third-order valence-electron chi connectivity index (χ3n) is 1.44. The Morgan fingerprint density at radius 2 is 1.12 bits per heavy atom. The van der Waals surface area contributed by atoms with E-state index in [-0.39, 0.29) is 46.1 Å². The summed E-state index contributed by atoms with van der Waals surface area (Å²) in [5, 5.41) is 0. The Morgan fingerprint density at radius 3 is 1.38 bits per heavy atom. The fourth-order valence-corrected chi connectivity index (χ4v) is 0.799. The Kier molecular flexibility index (Phi) is 7.03. The van der Waals surface area contributed by atoms with Gasteiger partial charge < -0.3 is 17.0 Å². The van der Waals surface area contributed by atoms with Crippen LogP contribution >= 0.6 is 0 Å². The van der Waals surface area contributed by atoms with E-state index in [1.54, 1.807) is 6.07 Å². The van der Waals surface area contributed by atoms with Crippen LogP contribution in [0.1, 0.15) is 11.1 Å². The third kappa shape index (κ3) is 4.92. The molecular weight excluding hydrogens is 314 g/mol. The molecule has 0 spiro atoms. The van der Waals surface area contributed by atoms with Crippen molar-refractivity contribution in [2.24, 2.45) is 0 Å². The summed E-state index contributed by atoms with van der Waals surface area (Å²) in [7, 11) is 0. The van der Waals surface area contributed by atoms with Crippen molar-refractivity contribution in [2.45, 2.75) is 12.4 Å². The average Bonchev–Trinajstić information content (AvgIpc) is 2.01. The molecule has 0 radical (unpaired) electrons. The van der Waals surface area contributed by atoms with E-state index in [9.17, 15) is 26.3 Å². The van der Waals surface area contributed by atoms with Crippen molar-refractivity contribution in [1.29, 1.82) is 0 Å². The topological polar surface area (TPSA) is 0 Å². The van der Waals surface area contributed by atoms with Gasteiger partial charge in [-0.15, -0.1) is 6.07 Å². The van der Waals surface area contributed by atoms with Gasteiger partial charge in [-0.1, -0.05) is 11.1 Å². The zero-order chi connectivity index (χ0) is 11.0. The summed E-state index contributed by atoms with van der Waals surface area (Å²) >= 11 is 0. The molecule has 0 aliphatic rings.